The second kappa shape index (κ2) is 2.51. The number of carbonyl (C=O) groups is 1. The molecular formula is C6H8N2OS. The van der Waals surface area contributed by atoms with Crippen LogP contribution >= 0.6 is 11.8 Å². The average molecular weight is 156 g/mol. The predicted molar refractivity (Wildman–Crippen MR) is 39.6 cm³/mol. The monoisotopic (exact) mass is 156 g/mol. The molecule has 0 radical (unpaired) electrons. The molecule has 1 fully saturated rings. The fourth-order valence-corrected chi connectivity index (χ4v) is 0.934. The molecule has 0 aromatic carbocycles. The van der Waals surface area contributed by atoms with Gasteiger partial charge in [0.25, 0.3) is 5.24 Å². The van der Waals surface area contributed by atoms with Crippen molar-refractivity contribution in [2.45, 2.75) is 18.4 Å². The molecule has 0 atom stereocenters. The van der Waals surface area contributed by atoms with E-state index in [-0.39, 0.29) is 5.24 Å². The minimum absolute atomic E-state index is 0.112. The number of thioether (sulfide) groups is 1. The van der Waals surface area contributed by atoms with E-state index in [1.807, 2.05) is 0 Å². The molecule has 3 nitrogen and oxygen atoms in total. The highest BCUT2D eigenvalue weighted by Crippen LogP contribution is 2.34. The fraction of sp³-hybridized carbons (Fsp3) is 0.667. The van der Waals surface area contributed by atoms with Crippen molar-refractivity contribution in [2.75, 3.05) is 6.26 Å². The normalized spacial score (nSPS) is 19.2. The number of nitrogens with one attached hydrogen (secondary N) is 1. The standard InChI is InChI=1S/C6H8N2OS/c1-10-5(9)8-6(4-7)2-3-6/h2-3H2,1H3,(H,8,9). The Bertz CT molecular complexity index is 192. The van der Waals surface area contributed by atoms with Gasteiger partial charge in [-0.25, -0.2) is 0 Å². The number of hydrogen-bond donors (Lipinski definition) is 1. The van der Waals surface area contributed by atoms with E-state index in [0.717, 1.165) is 24.6 Å². The lowest BCUT2D eigenvalue weighted by Crippen LogP contribution is -2.32. The van der Waals surface area contributed by atoms with Crippen molar-refractivity contribution in [1.29, 1.82) is 5.26 Å². The minimum atomic E-state index is -0.500. The van der Waals surface area contributed by atoms with E-state index >= 15 is 0 Å². The van der Waals surface area contributed by atoms with Gasteiger partial charge in [-0.2, -0.15) is 5.26 Å². The van der Waals surface area contributed by atoms with Crippen molar-refractivity contribution in [1.82, 2.24) is 5.32 Å². The third-order valence-corrected chi connectivity index (χ3v) is 1.96. The molecule has 0 heterocycles. The van der Waals surface area contributed by atoms with Gasteiger partial charge in [-0.1, -0.05) is 11.8 Å². The highest BCUT2D eigenvalue weighted by Gasteiger charge is 2.44. The Hall–Kier alpha value is -0.690. The molecule has 1 amide bonds. The Labute approximate surface area is 63.8 Å². The maximum Gasteiger partial charge on any atom is 0.280 e. The number of hydrogen-bond acceptors (Lipinski definition) is 3. The molecule has 0 bridgehead atoms. The highest BCUT2D eigenvalue weighted by molar-refractivity contribution is 8.12. The number of carbonyl (C=O) groups excluding carboxylic acids is 1. The number of nitrogens with zero attached hydrogens (tertiary/aromatic N) is 1. The van der Waals surface area contributed by atoms with Crippen molar-refractivity contribution in [3.8, 4) is 6.07 Å². The molecule has 54 valence electrons. The summed E-state index contributed by atoms with van der Waals surface area (Å²) in [6.07, 6.45) is 3.30. The molecule has 1 saturated carbocycles. The Balaban J connectivity index is 2.40. The van der Waals surface area contributed by atoms with Crippen LogP contribution < -0.4 is 5.32 Å². The van der Waals surface area contributed by atoms with E-state index in [1.165, 1.54) is 0 Å². The Morgan fingerprint density at radius 3 is 2.70 bits per heavy atom. The summed E-state index contributed by atoms with van der Waals surface area (Å²) in [7, 11) is 0. The molecule has 10 heavy (non-hydrogen) atoms. The van der Waals surface area contributed by atoms with Gasteiger partial charge < -0.3 is 5.32 Å². The highest BCUT2D eigenvalue weighted by atomic mass is 32.2. The third-order valence-electron chi connectivity index (χ3n) is 1.49. The van der Waals surface area contributed by atoms with Crippen molar-refractivity contribution >= 4 is 17.0 Å². The van der Waals surface area contributed by atoms with Gasteiger partial charge in [0, 0.05) is 0 Å². The number of rotatable bonds is 1. The smallest absolute Gasteiger partial charge is 0.280 e. The molecule has 1 N–H and O–H groups in total. The van der Waals surface area contributed by atoms with Crippen LogP contribution in [0.2, 0.25) is 0 Å². The molecule has 4 heteroatoms. The maximum atomic E-state index is 10.7. The molecule has 1 aliphatic carbocycles. The SMILES string of the molecule is CSC(=O)NC1(C#N)CC1. The van der Waals surface area contributed by atoms with E-state index in [0.29, 0.717) is 0 Å². The Morgan fingerprint density at radius 1 is 1.80 bits per heavy atom. The van der Waals surface area contributed by atoms with Gasteiger partial charge in [0.05, 0.1) is 6.07 Å². The fourth-order valence-electron chi connectivity index (χ4n) is 0.636. The number of amides is 1. The molecule has 0 aliphatic heterocycles. The van der Waals surface area contributed by atoms with Gasteiger partial charge in [0.1, 0.15) is 5.54 Å². The van der Waals surface area contributed by atoms with Crippen LogP contribution in [-0.2, 0) is 0 Å². The molecular weight excluding hydrogens is 148 g/mol. The lowest BCUT2D eigenvalue weighted by atomic mass is 10.3. The molecule has 0 aromatic heterocycles. The summed E-state index contributed by atoms with van der Waals surface area (Å²) >= 11 is 1.11. The van der Waals surface area contributed by atoms with Gasteiger partial charge >= 0.3 is 0 Å². The lowest BCUT2D eigenvalue weighted by molar-refractivity contribution is 0.258. The Morgan fingerprint density at radius 2 is 2.40 bits per heavy atom. The molecule has 0 spiro atoms. The molecule has 1 aliphatic rings. The first-order chi connectivity index (χ1) is 4.72. The number of nitriles is 1. The second-order valence-electron chi connectivity index (χ2n) is 2.31. The van der Waals surface area contributed by atoms with Crippen LogP contribution in [0.25, 0.3) is 0 Å². The quantitative estimate of drug-likeness (QED) is 0.618. The first-order valence-electron chi connectivity index (χ1n) is 3.00. The Kier molecular flexibility index (Phi) is 1.86. The first kappa shape index (κ1) is 7.42. The second-order valence-corrected chi connectivity index (χ2v) is 3.09. The topological polar surface area (TPSA) is 52.9 Å². The summed E-state index contributed by atoms with van der Waals surface area (Å²) in [6, 6.07) is 2.07. The van der Waals surface area contributed by atoms with E-state index in [2.05, 4.69) is 11.4 Å². The van der Waals surface area contributed by atoms with Gasteiger partial charge in [-0.05, 0) is 19.1 Å². The summed E-state index contributed by atoms with van der Waals surface area (Å²) in [5.74, 6) is 0. The van der Waals surface area contributed by atoms with Crippen molar-refractivity contribution < 1.29 is 4.79 Å². The van der Waals surface area contributed by atoms with Crippen LogP contribution in [0.4, 0.5) is 4.79 Å². The largest absolute Gasteiger partial charge is 0.329 e. The summed E-state index contributed by atoms with van der Waals surface area (Å²) in [6.45, 7) is 0. The van der Waals surface area contributed by atoms with Crippen molar-refractivity contribution in [3.05, 3.63) is 0 Å². The average Bonchev–Trinajstić information content (AvgIpc) is 2.70. The summed E-state index contributed by atoms with van der Waals surface area (Å²) < 4.78 is 0. The maximum absolute atomic E-state index is 10.7. The zero-order valence-corrected chi connectivity index (χ0v) is 6.49. The van der Waals surface area contributed by atoms with E-state index in [4.69, 9.17) is 5.26 Å². The van der Waals surface area contributed by atoms with Crippen molar-refractivity contribution in [2.24, 2.45) is 0 Å². The minimum Gasteiger partial charge on any atom is -0.329 e. The van der Waals surface area contributed by atoms with Gasteiger partial charge in [-0.3, -0.25) is 4.79 Å². The molecule has 0 aromatic rings. The molecule has 0 unspecified atom stereocenters. The molecule has 0 saturated heterocycles. The van der Waals surface area contributed by atoms with Crippen LogP contribution in [-0.4, -0.2) is 17.0 Å². The van der Waals surface area contributed by atoms with Crippen LogP contribution in [0.5, 0.6) is 0 Å². The summed E-state index contributed by atoms with van der Waals surface area (Å²) in [5.41, 5.74) is -0.500. The van der Waals surface area contributed by atoms with E-state index in [9.17, 15) is 4.79 Å². The lowest BCUT2D eigenvalue weighted by Gasteiger charge is -2.05. The zero-order valence-electron chi connectivity index (χ0n) is 5.68. The van der Waals surface area contributed by atoms with E-state index < -0.39 is 5.54 Å². The van der Waals surface area contributed by atoms with Crippen LogP contribution in [0.15, 0.2) is 0 Å². The first-order valence-corrected chi connectivity index (χ1v) is 4.22. The molecule has 1 rings (SSSR count). The van der Waals surface area contributed by atoms with Crippen LogP contribution in [0.3, 0.4) is 0 Å². The van der Waals surface area contributed by atoms with E-state index in [1.54, 1.807) is 6.26 Å². The summed E-state index contributed by atoms with van der Waals surface area (Å²) in [4.78, 5) is 10.7. The van der Waals surface area contributed by atoms with Crippen LogP contribution in [0.1, 0.15) is 12.8 Å². The zero-order chi connectivity index (χ0) is 7.61. The third kappa shape index (κ3) is 1.42. The van der Waals surface area contributed by atoms with Gasteiger partial charge in [-0.15, -0.1) is 0 Å². The van der Waals surface area contributed by atoms with Crippen molar-refractivity contribution in [3.63, 3.8) is 0 Å². The van der Waals surface area contributed by atoms with Gasteiger partial charge in [0.2, 0.25) is 0 Å². The van der Waals surface area contributed by atoms with Crippen LogP contribution in [0, 0.1) is 11.3 Å². The predicted octanol–water partition coefficient (Wildman–Crippen LogP) is 1.12. The summed E-state index contributed by atoms with van der Waals surface area (Å²) in [5, 5.41) is 11.0. The van der Waals surface area contributed by atoms with Gasteiger partial charge in [0.15, 0.2) is 0 Å².